The van der Waals surface area contributed by atoms with E-state index in [4.69, 9.17) is 11.6 Å². The van der Waals surface area contributed by atoms with Gasteiger partial charge in [0.1, 0.15) is 5.82 Å². The summed E-state index contributed by atoms with van der Waals surface area (Å²) >= 11 is 6.81. The molecule has 2 aliphatic heterocycles. The second-order valence-electron chi connectivity index (χ2n) is 7.61. The van der Waals surface area contributed by atoms with Crippen molar-refractivity contribution in [2.45, 2.75) is 40.7 Å². The minimum atomic E-state index is -4.12. The van der Waals surface area contributed by atoms with Crippen LogP contribution in [0.25, 0.3) is 0 Å². The summed E-state index contributed by atoms with van der Waals surface area (Å²) < 4.78 is 41.6. The van der Waals surface area contributed by atoms with Gasteiger partial charge in [-0.1, -0.05) is 24.4 Å². The number of nitrogens with zero attached hydrogens (tertiary/aromatic N) is 1. The van der Waals surface area contributed by atoms with Gasteiger partial charge in [-0.2, -0.15) is 0 Å². The van der Waals surface area contributed by atoms with Gasteiger partial charge in [0.05, 0.1) is 16.3 Å². The summed E-state index contributed by atoms with van der Waals surface area (Å²) in [5, 5.41) is 1.88. The van der Waals surface area contributed by atoms with Crippen LogP contribution in [0.15, 0.2) is 46.2 Å². The summed E-state index contributed by atoms with van der Waals surface area (Å²) in [6, 6.07) is 7.79. The highest BCUT2D eigenvalue weighted by Crippen LogP contribution is 2.38. The molecule has 1 saturated heterocycles. The predicted octanol–water partition coefficient (Wildman–Crippen LogP) is 4.10. The zero-order valence-corrected chi connectivity index (χ0v) is 19.3. The quantitative estimate of drug-likeness (QED) is 0.620. The van der Waals surface area contributed by atoms with Crippen molar-refractivity contribution in [3.63, 3.8) is 0 Å². The second kappa shape index (κ2) is 9.29. The summed E-state index contributed by atoms with van der Waals surface area (Å²) in [7, 11) is -4.12. The third-order valence-corrected chi connectivity index (χ3v) is 8.18. The normalized spacial score (nSPS) is 19.0. The Morgan fingerprint density at radius 3 is 2.53 bits per heavy atom. The van der Waals surface area contributed by atoms with E-state index in [-0.39, 0.29) is 21.5 Å². The van der Waals surface area contributed by atoms with Crippen LogP contribution in [0.5, 0.6) is 0 Å². The molecule has 0 aromatic heterocycles. The Bertz CT molecular complexity index is 1170. The van der Waals surface area contributed by atoms with Gasteiger partial charge >= 0.3 is 0 Å². The van der Waals surface area contributed by atoms with E-state index in [1.54, 1.807) is 4.90 Å². The van der Waals surface area contributed by atoms with E-state index in [0.29, 0.717) is 23.7 Å². The van der Waals surface area contributed by atoms with Gasteiger partial charge in [-0.25, -0.2) is 12.8 Å². The first-order valence-electron chi connectivity index (χ1n) is 10.1. The molecule has 0 aliphatic carbocycles. The van der Waals surface area contributed by atoms with E-state index >= 15 is 0 Å². The summed E-state index contributed by atoms with van der Waals surface area (Å²) in [6.45, 7) is 1.28. The molecule has 2 aromatic carbocycles. The number of nitrogens with one attached hydrogen (secondary N) is 2. The lowest BCUT2D eigenvalue weighted by molar-refractivity contribution is -0.133. The lowest BCUT2D eigenvalue weighted by Gasteiger charge is -2.28. The Hall–Kier alpha value is -2.30. The van der Waals surface area contributed by atoms with E-state index in [0.717, 1.165) is 43.5 Å². The maximum Gasteiger partial charge on any atom is 0.262 e. The molecule has 2 heterocycles. The zero-order valence-electron chi connectivity index (χ0n) is 16.9. The van der Waals surface area contributed by atoms with Crippen molar-refractivity contribution in [3.05, 3.63) is 47.2 Å². The van der Waals surface area contributed by atoms with Crippen LogP contribution in [0, 0.1) is 5.82 Å². The summed E-state index contributed by atoms with van der Waals surface area (Å²) in [4.78, 5) is 27.7. The lowest BCUT2D eigenvalue weighted by atomic mass is 10.2. The summed E-state index contributed by atoms with van der Waals surface area (Å²) in [5.41, 5.74) is 0.0491. The van der Waals surface area contributed by atoms with Gasteiger partial charge in [0.25, 0.3) is 10.0 Å². The third-order valence-electron chi connectivity index (χ3n) is 5.32. The van der Waals surface area contributed by atoms with Crippen LogP contribution in [0.3, 0.4) is 0 Å². The Labute approximate surface area is 194 Å². The fourth-order valence-electron chi connectivity index (χ4n) is 3.65. The first-order valence-corrected chi connectivity index (χ1v) is 12.9. The van der Waals surface area contributed by atoms with Gasteiger partial charge < -0.3 is 10.2 Å². The molecule has 0 bridgehead atoms. The standard InChI is InChI=1S/C21H21ClFN3O4S2/c22-13-5-7-16(15(23)11-13)25-32(29,30)14-6-8-18-17(12-14)24-20(27)19(31-18)21(28)26-9-3-1-2-4-10-26/h5-8,11-12,19,25H,1-4,9-10H2,(H,24,27)/t19-/m0/s1. The van der Waals surface area contributed by atoms with Crippen molar-refractivity contribution in [3.8, 4) is 0 Å². The molecule has 1 atom stereocenters. The van der Waals surface area contributed by atoms with Crippen LogP contribution >= 0.6 is 23.4 Å². The van der Waals surface area contributed by atoms with Crippen LogP contribution in [-0.4, -0.2) is 43.5 Å². The molecule has 0 spiro atoms. The highest BCUT2D eigenvalue weighted by atomic mass is 35.5. The molecular formula is C21H21ClFN3O4S2. The molecule has 1 fully saturated rings. The molecule has 11 heteroatoms. The highest BCUT2D eigenvalue weighted by Gasteiger charge is 2.36. The van der Waals surface area contributed by atoms with Crippen molar-refractivity contribution in [2.75, 3.05) is 23.1 Å². The van der Waals surface area contributed by atoms with Gasteiger partial charge in [0, 0.05) is 23.0 Å². The second-order valence-corrected chi connectivity index (χ2v) is 10.9. The number of likely N-dealkylation sites (tertiary alicyclic amines) is 1. The molecule has 0 saturated carbocycles. The maximum absolute atomic E-state index is 14.0. The number of hydrogen-bond acceptors (Lipinski definition) is 5. The first-order chi connectivity index (χ1) is 15.2. The number of rotatable bonds is 4. The largest absolute Gasteiger partial charge is 0.341 e. The molecule has 2 aliphatic rings. The van der Waals surface area contributed by atoms with Crippen LogP contribution in [-0.2, 0) is 19.6 Å². The smallest absolute Gasteiger partial charge is 0.262 e. The number of carbonyl (C=O) groups excluding carboxylic acids is 2. The molecule has 4 rings (SSSR count). The van der Waals surface area contributed by atoms with Gasteiger partial charge in [-0.3, -0.25) is 14.3 Å². The van der Waals surface area contributed by atoms with Crippen LogP contribution < -0.4 is 10.0 Å². The van der Waals surface area contributed by atoms with Gasteiger partial charge in [-0.05, 0) is 49.2 Å². The average molecular weight is 498 g/mol. The van der Waals surface area contributed by atoms with E-state index < -0.39 is 27.0 Å². The number of benzene rings is 2. The SMILES string of the molecule is O=C1Nc2cc(S(=O)(=O)Nc3ccc(Cl)cc3F)ccc2S[C@@H]1C(=O)N1CCCCCC1. The van der Waals surface area contributed by atoms with Crippen LogP contribution in [0.4, 0.5) is 15.8 Å². The Morgan fingerprint density at radius 1 is 1.12 bits per heavy atom. The number of carbonyl (C=O) groups is 2. The lowest BCUT2D eigenvalue weighted by Crippen LogP contribution is -2.45. The number of sulfonamides is 1. The molecule has 0 unspecified atom stereocenters. The van der Waals surface area contributed by atoms with E-state index in [1.165, 1.54) is 30.3 Å². The number of amides is 2. The van der Waals surface area contributed by atoms with Crippen molar-refractivity contribution >= 4 is 56.6 Å². The molecule has 2 N–H and O–H groups in total. The molecule has 170 valence electrons. The Balaban J connectivity index is 1.53. The van der Waals surface area contributed by atoms with Crippen molar-refractivity contribution < 1.29 is 22.4 Å². The number of thioether (sulfide) groups is 1. The van der Waals surface area contributed by atoms with Gasteiger partial charge in [0.15, 0.2) is 5.25 Å². The van der Waals surface area contributed by atoms with Crippen molar-refractivity contribution in [1.82, 2.24) is 4.90 Å². The van der Waals surface area contributed by atoms with Gasteiger partial charge in [-0.15, -0.1) is 11.8 Å². The molecule has 0 radical (unpaired) electrons. The fraction of sp³-hybridized carbons (Fsp3) is 0.333. The summed E-state index contributed by atoms with van der Waals surface area (Å²) in [6.07, 6.45) is 3.98. The molecule has 7 nitrogen and oxygen atoms in total. The zero-order chi connectivity index (χ0) is 22.9. The highest BCUT2D eigenvalue weighted by molar-refractivity contribution is 8.01. The van der Waals surface area contributed by atoms with E-state index in [2.05, 4.69) is 10.0 Å². The molecule has 2 amide bonds. The third kappa shape index (κ3) is 4.87. The number of fused-ring (bicyclic) bond motifs is 1. The number of halogens is 2. The molecule has 32 heavy (non-hydrogen) atoms. The van der Waals surface area contributed by atoms with Crippen LogP contribution in [0.1, 0.15) is 25.7 Å². The number of anilines is 2. The van der Waals surface area contributed by atoms with Crippen molar-refractivity contribution in [2.24, 2.45) is 0 Å². The Morgan fingerprint density at radius 2 is 1.84 bits per heavy atom. The maximum atomic E-state index is 14.0. The fourth-order valence-corrected chi connectivity index (χ4v) is 5.96. The van der Waals surface area contributed by atoms with E-state index in [9.17, 15) is 22.4 Å². The predicted molar refractivity (Wildman–Crippen MR) is 122 cm³/mol. The monoisotopic (exact) mass is 497 g/mol. The van der Waals surface area contributed by atoms with E-state index in [1.807, 2.05) is 0 Å². The molecular weight excluding hydrogens is 477 g/mol. The number of hydrogen-bond donors (Lipinski definition) is 2. The molecule has 2 aromatic rings. The first kappa shape index (κ1) is 22.9. The minimum absolute atomic E-state index is 0.142. The topological polar surface area (TPSA) is 95.6 Å². The van der Waals surface area contributed by atoms with Crippen molar-refractivity contribution in [1.29, 1.82) is 0 Å². The average Bonchev–Trinajstić information content (AvgIpc) is 3.04. The minimum Gasteiger partial charge on any atom is -0.341 e. The van der Waals surface area contributed by atoms with Crippen LogP contribution in [0.2, 0.25) is 5.02 Å². The Kier molecular flexibility index (Phi) is 6.64. The van der Waals surface area contributed by atoms with Gasteiger partial charge in [0.2, 0.25) is 11.8 Å². The summed E-state index contributed by atoms with van der Waals surface area (Å²) in [5.74, 6) is -1.52.